The van der Waals surface area contributed by atoms with Gasteiger partial charge in [-0.1, -0.05) is 24.3 Å². The van der Waals surface area contributed by atoms with Crippen LogP contribution in [0, 0.1) is 6.92 Å². The third-order valence-corrected chi connectivity index (χ3v) is 4.10. The molecule has 0 bridgehead atoms. The number of allylic oxidation sites excluding steroid dienone is 1. The molecular formula is C17H22BrN5. The van der Waals surface area contributed by atoms with E-state index < -0.39 is 0 Å². The first-order valence-corrected chi connectivity index (χ1v) is 8.30. The Morgan fingerprint density at radius 3 is 2.87 bits per heavy atom. The van der Waals surface area contributed by atoms with Gasteiger partial charge in [0, 0.05) is 13.1 Å². The summed E-state index contributed by atoms with van der Waals surface area (Å²) < 4.78 is 2.59. The number of nitrogens with zero attached hydrogens (tertiary/aromatic N) is 3. The predicted molar refractivity (Wildman–Crippen MR) is 100 cm³/mol. The first kappa shape index (κ1) is 17.4. The van der Waals surface area contributed by atoms with E-state index in [4.69, 9.17) is 0 Å². The van der Waals surface area contributed by atoms with Crippen molar-refractivity contribution in [3.05, 3.63) is 52.1 Å². The van der Waals surface area contributed by atoms with Crippen LogP contribution in [0.1, 0.15) is 11.1 Å². The van der Waals surface area contributed by atoms with Crippen LogP contribution < -0.4 is 10.6 Å². The fraction of sp³-hybridized carbons (Fsp3) is 0.294. The van der Waals surface area contributed by atoms with Crippen molar-refractivity contribution >= 4 is 34.3 Å². The Morgan fingerprint density at radius 1 is 1.39 bits per heavy atom. The Kier molecular flexibility index (Phi) is 6.55. The third-order valence-electron chi connectivity index (χ3n) is 3.54. The van der Waals surface area contributed by atoms with Crippen LogP contribution in [0.2, 0.25) is 0 Å². The first-order valence-electron chi connectivity index (χ1n) is 7.51. The monoisotopic (exact) mass is 375 g/mol. The zero-order chi connectivity index (χ0) is 16.7. The van der Waals surface area contributed by atoms with Crippen LogP contribution in [0.5, 0.6) is 0 Å². The number of likely N-dealkylation sites (N-methyl/N-ethyl adjacent to an activating group) is 1. The Bertz CT molecular complexity index is 690. The van der Waals surface area contributed by atoms with Crippen molar-refractivity contribution < 1.29 is 0 Å². The van der Waals surface area contributed by atoms with Crippen molar-refractivity contribution in [3.8, 4) is 0 Å². The average molecular weight is 376 g/mol. The maximum Gasteiger partial charge on any atom is 0.171 e. The number of aliphatic imine (C=N–C) groups is 1. The van der Waals surface area contributed by atoms with E-state index in [0.29, 0.717) is 5.82 Å². The molecule has 0 aliphatic carbocycles. The van der Waals surface area contributed by atoms with E-state index in [9.17, 15) is 0 Å². The van der Waals surface area contributed by atoms with Crippen LogP contribution in [0.25, 0.3) is 5.82 Å². The van der Waals surface area contributed by atoms with Crippen LogP contribution >= 0.6 is 15.9 Å². The minimum atomic E-state index is 0.693. The van der Waals surface area contributed by atoms with Gasteiger partial charge in [-0.05, 0) is 60.2 Å². The Balaban J connectivity index is 2.28. The van der Waals surface area contributed by atoms with Gasteiger partial charge >= 0.3 is 0 Å². The van der Waals surface area contributed by atoms with E-state index in [2.05, 4.69) is 80.6 Å². The molecular weight excluding hydrogens is 354 g/mol. The molecule has 0 unspecified atom stereocenters. The largest absolute Gasteiger partial charge is 0.369 e. The number of nitrogens with one attached hydrogen (secondary N) is 2. The molecule has 2 N–H and O–H groups in total. The quantitative estimate of drug-likeness (QED) is 0.550. The molecule has 1 aromatic carbocycles. The van der Waals surface area contributed by atoms with Crippen LogP contribution in [-0.4, -0.2) is 36.6 Å². The lowest BCUT2D eigenvalue weighted by Gasteiger charge is -2.13. The zero-order valence-corrected chi connectivity index (χ0v) is 15.1. The van der Waals surface area contributed by atoms with Gasteiger partial charge < -0.3 is 10.6 Å². The summed E-state index contributed by atoms with van der Waals surface area (Å²) in [4.78, 5) is 4.06. The standard InChI is InChI=1S/C17H22BrN5/c1-13-6-4-5-7-14(13)8-9-16(21-11-10-19-2)23-17(20-3)15(18)12-22-23/h4-7,9,12,19,21H,3,8,10-11H2,1-2H3/b16-9-. The van der Waals surface area contributed by atoms with Crippen LogP contribution in [0.15, 0.2) is 46.0 Å². The molecule has 2 aromatic rings. The van der Waals surface area contributed by atoms with Gasteiger partial charge in [-0.15, -0.1) is 0 Å². The van der Waals surface area contributed by atoms with E-state index in [1.165, 1.54) is 11.1 Å². The Hall–Kier alpha value is -1.92. The van der Waals surface area contributed by atoms with E-state index in [1.54, 1.807) is 10.9 Å². The van der Waals surface area contributed by atoms with Crippen molar-refractivity contribution in [2.45, 2.75) is 13.3 Å². The second-order valence-electron chi connectivity index (χ2n) is 5.14. The first-order chi connectivity index (χ1) is 11.2. The topological polar surface area (TPSA) is 54.2 Å². The molecule has 23 heavy (non-hydrogen) atoms. The second kappa shape index (κ2) is 8.64. The molecule has 0 radical (unpaired) electrons. The molecule has 0 aliphatic heterocycles. The number of halogens is 1. The normalized spacial score (nSPS) is 11.5. The van der Waals surface area contributed by atoms with Gasteiger partial charge in [0.25, 0.3) is 0 Å². The van der Waals surface area contributed by atoms with Gasteiger partial charge in [0.15, 0.2) is 5.82 Å². The highest BCUT2D eigenvalue weighted by Gasteiger charge is 2.11. The maximum atomic E-state index is 4.39. The van der Waals surface area contributed by atoms with Crippen LogP contribution in [0.4, 0.5) is 5.82 Å². The van der Waals surface area contributed by atoms with Crippen molar-refractivity contribution in [1.82, 2.24) is 20.4 Å². The zero-order valence-electron chi connectivity index (χ0n) is 13.5. The van der Waals surface area contributed by atoms with Gasteiger partial charge in [-0.25, -0.2) is 4.99 Å². The van der Waals surface area contributed by atoms with E-state index in [0.717, 1.165) is 29.8 Å². The summed E-state index contributed by atoms with van der Waals surface area (Å²) in [5.41, 5.74) is 2.57. The van der Waals surface area contributed by atoms with Crippen molar-refractivity contribution in [2.75, 3.05) is 20.1 Å². The summed E-state index contributed by atoms with van der Waals surface area (Å²) in [6.07, 6.45) is 4.68. The summed E-state index contributed by atoms with van der Waals surface area (Å²) >= 11 is 3.45. The number of aryl methyl sites for hydroxylation is 1. The SMILES string of the molecule is C=Nc1c(Br)cnn1/C(=C\Cc1ccccc1C)NCCNC. The molecule has 0 spiro atoms. The molecule has 0 atom stereocenters. The lowest BCUT2D eigenvalue weighted by atomic mass is 10.1. The number of hydrogen-bond acceptors (Lipinski definition) is 4. The molecule has 0 saturated heterocycles. The van der Waals surface area contributed by atoms with Crippen molar-refractivity contribution in [3.63, 3.8) is 0 Å². The smallest absolute Gasteiger partial charge is 0.171 e. The highest BCUT2D eigenvalue weighted by Crippen LogP contribution is 2.26. The predicted octanol–water partition coefficient (Wildman–Crippen LogP) is 3.14. The minimum Gasteiger partial charge on any atom is -0.369 e. The molecule has 2 rings (SSSR count). The summed E-state index contributed by atoms with van der Waals surface area (Å²) in [6.45, 7) is 7.41. The minimum absolute atomic E-state index is 0.693. The average Bonchev–Trinajstić information content (AvgIpc) is 2.93. The molecule has 0 aliphatic rings. The molecule has 5 nitrogen and oxygen atoms in total. The molecule has 6 heteroatoms. The van der Waals surface area contributed by atoms with E-state index in [-0.39, 0.29) is 0 Å². The number of aromatic nitrogens is 2. The number of benzene rings is 1. The second-order valence-corrected chi connectivity index (χ2v) is 5.99. The highest BCUT2D eigenvalue weighted by molar-refractivity contribution is 9.10. The Morgan fingerprint density at radius 2 is 2.17 bits per heavy atom. The van der Waals surface area contributed by atoms with Gasteiger partial charge in [0.1, 0.15) is 5.82 Å². The molecule has 0 amide bonds. The van der Waals surface area contributed by atoms with Gasteiger partial charge in [-0.3, -0.25) is 0 Å². The maximum absolute atomic E-state index is 4.39. The van der Waals surface area contributed by atoms with E-state index in [1.807, 2.05) is 7.05 Å². The molecule has 1 aromatic heterocycles. The van der Waals surface area contributed by atoms with Crippen LogP contribution in [-0.2, 0) is 6.42 Å². The molecule has 0 fully saturated rings. The number of hydrogen-bond donors (Lipinski definition) is 2. The highest BCUT2D eigenvalue weighted by atomic mass is 79.9. The molecule has 122 valence electrons. The summed E-state index contributed by atoms with van der Waals surface area (Å²) in [5.74, 6) is 1.59. The number of rotatable bonds is 8. The third kappa shape index (κ3) is 4.53. The lowest BCUT2D eigenvalue weighted by Crippen LogP contribution is -2.26. The fourth-order valence-electron chi connectivity index (χ4n) is 2.24. The van der Waals surface area contributed by atoms with Crippen LogP contribution in [0.3, 0.4) is 0 Å². The summed E-state index contributed by atoms with van der Waals surface area (Å²) in [5, 5.41) is 10.9. The summed E-state index contributed by atoms with van der Waals surface area (Å²) in [7, 11) is 1.93. The van der Waals surface area contributed by atoms with Gasteiger partial charge in [0.05, 0.1) is 10.7 Å². The molecule has 0 saturated carbocycles. The molecule has 1 heterocycles. The van der Waals surface area contributed by atoms with Crippen molar-refractivity contribution in [1.29, 1.82) is 0 Å². The van der Waals surface area contributed by atoms with Gasteiger partial charge in [0.2, 0.25) is 0 Å². The summed E-state index contributed by atoms with van der Waals surface area (Å²) in [6, 6.07) is 8.38. The fourth-order valence-corrected chi connectivity index (χ4v) is 2.62. The van der Waals surface area contributed by atoms with Gasteiger partial charge in [-0.2, -0.15) is 9.78 Å². The van der Waals surface area contributed by atoms with E-state index >= 15 is 0 Å². The Labute approximate surface area is 145 Å². The van der Waals surface area contributed by atoms with Crippen molar-refractivity contribution in [2.24, 2.45) is 4.99 Å². The lowest BCUT2D eigenvalue weighted by molar-refractivity contribution is 0.711.